The lowest BCUT2D eigenvalue weighted by atomic mass is 10.1. The molecule has 2 fully saturated rings. The topological polar surface area (TPSA) is 20.3 Å². The van der Waals surface area contributed by atoms with E-state index in [4.69, 9.17) is 0 Å². The van der Waals surface area contributed by atoms with Gasteiger partial charge in [-0.1, -0.05) is 12.8 Å². The smallest absolute Gasteiger partial charge is 0.255 e. The predicted octanol–water partition coefficient (Wildman–Crippen LogP) is 4.14. The molecule has 1 amide bonds. The highest BCUT2D eigenvalue weighted by Crippen LogP contribution is 2.36. The molecule has 0 unspecified atom stereocenters. The molecule has 0 spiro atoms. The van der Waals surface area contributed by atoms with Gasteiger partial charge < -0.3 is 4.90 Å². The molecular formula is C15H17BrFNO. The van der Waals surface area contributed by atoms with Crippen LogP contribution < -0.4 is 0 Å². The van der Waals surface area contributed by atoms with Crippen molar-refractivity contribution in [3.63, 3.8) is 0 Å². The van der Waals surface area contributed by atoms with Crippen LogP contribution in [-0.4, -0.2) is 22.9 Å². The summed E-state index contributed by atoms with van der Waals surface area (Å²) in [5.74, 6) is -0.261. The van der Waals surface area contributed by atoms with Crippen molar-refractivity contribution in [1.29, 1.82) is 0 Å². The number of hydrogen-bond acceptors (Lipinski definition) is 1. The molecule has 2 aliphatic rings. The molecule has 102 valence electrons. The van der Waals surface area contributed by atoms with E-state index < -0.39 is 0 Å². The van der Waals surface area contributed by atoms with E-state index in [0.717, 1.165) is 25.7 Å². The molecule has 1 aromatic rings. The molecule has 4 heteroatoms. The summed E-state index contributed by atoms with van der Waals surface area (Å²) in [6.07, 6.45) is 6.88. The quantitative estimate of drug-likeness (QED) is 0.818. The van der Waals surface area contributed by atoms with Gasteiger partial charge in [0.25, 0.3) is 5.91 Å². The molecule has 2 aliphatic carbocycles. The second-order valence-electron chi connectivity index (χ2n) is 5.51. The highest BCUT2D eigenvalue weighted by molar-refractivity contribution is 9.10. The monoisotopic (exact) mass is 325 g/mol. The van der Waals surface area contributed by atoms with Gasteiger partial charge in [0, 0.05) is 16.6 Å². The molecule has 0 aliphatic heterocycles. The number of rotatable bonds is 3. The van der Waals surface area contributed by atoms with E-state index in [1.54, 1.807) is 6.07 Å². The maximum Gasteiger partial charge on any atom is 0.255 e. The lowest BCUT2D eigenvalue weighted by Gasteiger charge is -2.29. The van der Waals surface area contributed by atoms with Gasteiger partial charge in [-0.3, -0.25) is 4.79 Å². The van der Waals surface area contributed by atoms with Gasteiger partial charge in [-0.05, 0) is 59.8 Å². The van der Waals surface area contributed by atoms with E-state index >= 15 is 0 Å². The first-order chi connectivity index (χ1) is 9.16. The highest BCUT2D eigenvalue weighted by atomic mass is 79.9. The van der Waals surface area contributed by atoms with E-state index in [-0.39, 0.29) is 11.7 Å². The lowest BCUT2D eigenvalue weighted by Crippen LogP contribution is -2.40. The van der Waals surface area contributed by atoms with Gasteiger partial charge in [-0.25, -0.2) is 4.39 Å². The summed E-state index contributed by atoms with van der Waals surface area (Å²) in [7, 11) is 0. The van der Waals surface area contributed by atoms with Crippen LogP contribution in [0.15, 0.2) is 22.7 Å². The normalized spacial score (nSPS) is 19.7. The van der Waals surface area contributed by atoms with E-state index in [2.05, 4.69) is 20.8 Å². The average molecular weight is 326 g/mol. The second kappa shape index (κ2) is 5.23. The van der Waals surface area contributed by atoms with Crippen LogP contribution in [0.1, 0.15) is 48.9 Å². The summed E-state index contributed by atoms with van der Waals surface area (Å²) >= 11 is 3.31. The second-order valence-corrected chi connectivity index (χ2v) is 6.36. The fraction of sp³-hybridized carbons (Fsp3) is 0.533. The van der Waals surface area contributed by atoms with Crippen molar-refractivity contribution in [2.45, 2.75) is 50.6 Å². The largest absolute Gasteiger partial charge is 0.333 e. The number of hydrogen-bond donors (Lipinski definition) is 0. The van der Waals surface area contributed by atoms with Crippen molar-refractivity contribution < 1.29 is 9.18 Å². The van der Waals surface area contributed by atoms with E-state index in [1.165, 1.54) is 25.0 Å². The van der Waals surface area contributed by atoms with Gasteiger partial charge in [0.05, 0.1) is 5.56 Å². The van der Waals surface area contributed by atoms with Crippen molar-refractivity contribution >= 4 is 21.8 Å². The zero-order valence-electron chi connectivity index (χ0n) is 10.7. The zero-order chi connectivity index (χ0) is 13.4. The molecule has 3 rings (SSSR count). The minimum absolute atomic E-state index is 0.0567. The Labute approximate surface area is 121 Å². The molecule has 19 heavy (non-hydrogen) atoms. The first kappa shape index (κ1) is 13.1. The lowest BCUT2D eigenvalue weighted by molar-refractivity contribution is 0.0663. The maximum atomic E-state index is 13.1. The molecule has 2 saturated carbocycles. The Balaban J connectivity index is 1.87. The standard InChI is InChI=1S/C15H17BrFNO/c16-14-9-10(17)5-8-13(14)15(19)18(12-6-7-12)11-3-1-2-4-11/h5,8-9,11-12H,1-4,6-7H2. The minimum atomic E-state index is -0.317. The van der Waals surface area contributed by atoms with Crippen LogP contribution in [-0.2, 0) is 0 Å². The molecule has 0 N–H and O–H groups in total. The molecule has 1 aromatic carbocycles. The van der Waals surface area contributed by atoms with Crippen LogP contribution >= 0.6 is 15.9 Å². The minimum Gasteiger partial charge on any atom is -0.333 e. The molecule has 0 atom stereocenters. The fourth-order valence-electron chi connectivity index (χ4n) is 2.97. The van der Waals surface area contributed by atoms with Gasteiger partial charge >= 0.3 is 0 Å². The van der Waals surface area contributed by atoms with E-state index in [9.17, 15) is 9.18 Å². The Bertz CT molecular complexity index is 495. The summed E-state index contributed by atoms with van der Waals surface area (Å²) in [5.41, 5.74) is 0.584. The Hall–Kier alpha value is -0.900. The van der Waals surface area contributed by atoms with Crippen LogP contribution in [0.5, 0.6) is 0 Å². The summed E-state index contributed by atoms with van der Waals surface area (Å²) in [6.45, 7) is 0. The van der Waals surface area contributed by atoms with Crippen LogP contribution in [0, 0.1) is 5.82 Å². The fourth-order valence-corrected chi connectivity index (χ4v) is 3.49. The summed E-state index contributed by atoms with van der Waals surface area (Å²) in [4.78, 5) is 14.8. The van der Waals surface area contributed by atoms with Gasteiger partial charge in [0.2, 0.25) is 0 Å². The first-order valence-corrected chi connectivity index (χ1v) is 7.74. The van der Waals surface area contributed by atoms with Crippen molar-refractivity contribution in [1.82, 2.24) is 4.90 Å². The van der Waals surface area contributed by atoms with Gasteiger partial charge in [0.1, 0.15) is 5.82 Å². The summed E-state index contributed by atoms with van der Waals surface area (Å²) in [6, 6.07) is 5.11. The third-order valence-electron chi connectivity index (χ3n) is 4.05. The number of benzene rings is 1. The highest BCUT2D eigenvalue weighted by Gasteiger charge is 2.39. The molecule has 2 nitrogen and oxygen atoms in total. The van der Waals surface area contributed by atoms with Crippen LogP contribution in [0.3, 0.4) is 0 Å². The Kier molecular flexibility index (Phi) is 3.61. The molecular weight excluding hydrogens is 309 g/mol. The Morgan fingerprint density at radius 3 is 2.37 bits per heavy atom. The van der Waals surface area contributed by atoms with Gasteiger partial charge in [0.15, 0.2) is 0 Å². The van der Waals surface area contributed by atoms with E-state index in [1.807, 2.05) is 0 Å². The number of carbonyl (C=O) groups excluding carboxylic acids is 1. The van der Waals surface area contributed by atoms with Crippen molar-refractivity contribution in [2.24, 2.45) is 0 Å². The molecule has 0 bridgehead atoms. The third-order valence-corrected chi connectivity index (χ3v) is 4.71. The number of amides is 1. The summed E-state index contributed by atoms with van der Waals surface area (Å²) < 4.78 is 13.7. The SMILES string of the molecule is O=C(c1ccc(F)cc1Br)N(C1CCCC1)C1CC1. The van der Waals surface area contributed by atoms with Crippen LogP contribution in [0.4, 0.5) is 4.39 Å². The Morgan fingerprint density at radius 2 is 1.79 bits per heavy atom. The summed E-state index contributed by atoms with van der Waals surface area (Å²) in [5, 5.41) is 0. The van der Waals surface area contributed by atoms with Gasteiger partial charge in [-0.15, -0.1) is 0 Å². The first-order valence-electron chi connectivity index (χ1n) is 6.94. The van der Waals surface area contributed by atoms with Gasteiger partial charge in [-0.2, -0.15) is 0 Å². The van der Waals surface area contributed by atoms with Crippen LogP contribution in [0.25, 0.3) is 0 Å². The van der Waals surface area contributed by atoms with Crippen molar-refractivity contribution in [3.05, 3.63) is 34.1 Å². The number of halogens is 2. The zero-order valence-corrected chi connectivity index (χ0v) is 12.3. The third kappa shape index (κ3) is 2.69. The molecule has 0 heterocycles. The van der Waals surface area contributed by atoms with E-state index in [0.29, 0.717) is 22.1 Å². The van der Waals surface area contributed by atoms with Crippen molar-refractivity contribution in [2.75, 3.05) is 0 Å². The number of nitrogens with zero attached hydrogens (tertiary/aromatic N) is 1. The number of carbonyl (C=O) groups is 1. The maximum absolute atomic E-state index is 13.1. The molecule has 0 aromatic heterocycles. The average Bonchev–Trinajstić information content (AvgIpc) is 3.04. The van der Waals surface area contributed by atoms with Crippen LogP contribution in [0.2, 0.25) is 0 Å². The molecule has 0 radical (unpaired) electrons. The molecule has 0 saturated heterocycles. The predicted molar refractivity (Wildman–Crippen MR) is 75.5 cm³/mol. The Morgan fingerprint density at radius 1 is 1.16 bits per heavy atom. The van der Waals surface area contributed by atoms with Crippen molar-refractivity contribution in [3.8, 4) is 0 Å².